The minimum Gasteiger partial charge on any atom is -0.452 e. The van der Waals surface area contributed by atoms with Gasteiger partial charge in [0.15, 0.2) is 0 Å². The lowest BCUT2D eigenvalue weighted by molar-refractivity contribution is 0.130. The van der Waals surface area contributed by atoms with Crippen LogP contribution in [0.2, 0.25) is 5.02 Å². The highest BCUT2D eigenvalue weighted by Gasteiger charge is 2.26. The van der Waals surface area contributed by atoms with Crippen molar-refractivity contribution in [1.29, 1.82) is 0 Å². The summed E-state index contributed by atoms with van der Waals surface area (Å²) >= 11 is 5.82. The Morgan fingerprint density at radius 2 is 2.12 bits per heavy atom. The third-order valence-electron chi connectivity index (χ3n) is 2.60. The zero-order valence-corrected chi connectivity index (χ0v) is 9.65. The molecule has 0 fully saturated rings. The summed E-state index contributed by atoms with van der Waals surface area (Å²) in [6.45, 7) is 0. The van der Waals surface area contributed by atoms with Gasteiger partial charge in [0.05, 0.1) is 13.2 Å². The first kappa shape index (κ1) is 11.0. The Morgan fingerprint density at radius 3 is 2.75 bits per heavy atom. The van der Waals surface area contributed by atoms with Crippen molar-refractivity contribution in [3.63, 3.8) is 0 Å². The van der Waals surface area contributed by atoms with Crippen LogP contribution in [0.5, 0.6) is 0 Å². The van der Waals surface area contributed by atoms with E-state index in [4.69, 9.17) is 16.3 Å². The lowest BCUT2D eigenvalue weighted by Gasteiger charge is -2.22. The normalized spacial score (nSPS) is 18.9. The number of rotatable bonds is 1. The molecule has 1 aromatic rings. The van der Waals surface area contributed by atoms with Gasteiger partial charge in [-0.15, -0.1) is 0 Å². The van der Waals surface area contributed by atoms with Gasteiger partial charge in [0.1, 0.15) is 0 Å². The van der Waals surface area contributed by atoms with Gasteiger partial charge in [-0.3, -0.25) is 4.90 Å². The summed E-state index contributed by atoms with van der Waals surface area (Å²) in [7, 11) is 1.38. The van der Waals surface area contributed by atoms with Crippen molar-refractivity contribution >= 4 is 17.7 Å². The van der Waals surface area contributed by atoms with Gasteiger partial charge in [0.2, 0.25) is 0 Å². The molecule has 1 atom stereocenters. The fraction of sp³-hybridized carbons (Fsp3) is 0.250. The molecule has 0 saturated carbocycles. The molecular formula is C12H12ClNO2. The molecule has 0 saturated heterocycles. The summed E-state index contributed by atoms with van der Waals surface area (Å²) in [5.74, 6) is 0. The molecule has 16 heavy (non-hydrogen) atoms. The lowest BCUT2D eigenvalue weighted by Crippen LogP contribution is -2.26. The molecule has 0 radical (unpaired) electrons. The first-order valence-electron chi connectivity index (χ1n) is 5.01. The second-order valence-corrected chi connectivity index (χ2v) is 4.00. The average Bonchev–Trinajstić information content (AvgIpc) is 2.78. The number of carbonyl (C=O) groups is 1. The number of ether oxygens (including phenoxy) is 1. The minimum atomic E-state index is -0.339. The maximum Gasteiger partial charge on any atom is 0.414 e. The summed E-state index contributed by atoms with van der Waals surface area (Å²) < 4.78 is 4.72. The van der Waals surface area contributed by atoms with Crippen molar-refractivity contribution in [3.05, 3.63) is 47.1 Å². The first-order chi connectivity index (χ1) is 7.72. The zero-order chi connectivity index (χ0) is 11.5. The van der Waals surface area contributed by atoms with E-state index in [-0.39, 0.29) is 12.1 Å². The van der Waals surface area contributed by atoms with Gasteiger partial charge in [0.25, 0.3) is 0 Å². The van der Waals surface area contributed by atoms with E-state index in [1.54, 1.807) is 11.1 Å². The zero-order valence-electron chi connectivity index (χ0n) is 8.89. The number of amides is 1. The van der Waals surface area contributed by atoms with Crippen molar-refractivity contribution < 1.29 is 9.53 Å². The Kier molecular flexibility index (Phi) is 3.15. The fourth-order valence-electron chi connectivity index (χ4n) is 1.80. The number of methoxy groups -OCH3 is 1. The smallest absolute Gasteiger partial charge is 0.414 e. The topological polar surface area (TPSA) is 29.5 Å². The maximum atomic E-state index is 11.5. The molecule has 1 aliphatic rings. The summed E-state index contributed by atoms with van der Waals surface area (Å²) in [5, 5.41) is 0.694. The number of hydrogen-bond donors (Lipinski definition) is 0. The molecule has 2 rings (SSSR count). The van der Waals surface area contributed by atoms with Crippen LogP contribution in [-0.4, -0.2) is 18.1 Å². The molecule has 1 amide bonds. The van der Waals surface area contributed by atoms with E-state index in [0.29, 0.717) is 5.02 Å². The molecule has 1 heterocycles. The summed E-state index contributed by atoms with van der Waals surface area (Å²) in [6.07, 6.45) is 4.17. The fourth-order valence-corrected chi connectivity index (χ4v) is 1.92. The van der Waals surface area contributed by atoms with Crippen molar-refractivity contribution in [1.82, 2.24) is 4.90 Å². The van der Waals surface area contributed by atoms with Gasteiger partial charge in [-0.2, -0.15) is 0 Å². The molecule has 0 aliphatic carbocycles. The number of halogens is 1. The van der Waals surface area contributed by atoms with Crippen LogP contribution in [0, 0.1) is 0 Å². The summed E-state index contributed by atoms with van der Waals surface area (Å²) in [5.41, 5.74) is 1.06. The van der Waals surface area contributed by atoms with E-state index in [1.807, 2.05) is 30.3 Å². The Hall–Kier alpha value is -1.48. The number of carbonyl (C=O) groups excluding carboxylic acids is 1. The van der Waals surface area contributed by atoms with Crippen LogP contribution in [0.15, 0.2) is 36.5 Å². The summed E-state index contributed by atoms with van der Waals surface area (Å²) in [4.78, 5) is 13.1. The van der Waals surface area contributed by atoms with Crippen molar-refractivity contribution in [2.24, 2.45) is 0 Å². The lowest BCUT2D eigenvalue weighted by atomic mass is 10.1. The molecule has 84 valence electrons. The van der Waals surface area contributed by atoms with E-state index in [9.17, 15) is 4.79 Å². The largest absolute Gasteiger partial charge is 0.452 e. The molecule has 4 heteroatoms. The van der Waals surface area contributed by atoms with Crippen molar-refractivity contribution in [2.75, 3.05) is 7.11 Å². The monoisotopic (exact) mass is 237 g/mol. The Balaban J connectivity index is 2.21. The molecule has 0 spiro atoms. The molecule has 0 N–H and O–H groups in total. The van der Waals surface area contributed by atoms with E-state index in [2.05, 4.69) is 0 Å². The predicted octanol–water partition coefficient (Wildman–Crippen LogP) is 3.37. The standard InChI is InChI=1S/C12H12ClNO2/c1-16-12(15)14-8-2-3-11(14)9-4-6-10(13)7-5-9/h2,4-8,11H,3H2,1H3. The average molecular weight is 238 g/mol. The van der Waals surface area contributed by atoms with Gasteiger partial charge in [-0.25, -0.2) is 4.79 Å². The number of benzene rings is 1. The van der Waals surface area contributed by atoms with Crippen LogP contribution in [0.3, 0.4) is 0 Å². The van der Waals surface area contributed by atoms with E-state index in [0.717, 1.165) is 12.0 Å². The van der Waals surface area contributed by atoms with Gasteiger partial charge < -0.3 is 4.74 Å². The van der Waals surface area contributed by atoms with Crippen LogP contribution >= 0.6 is 11.6 Å². The Bertz CT molecular complexity index is 414. The minimum absolute atomic E-state index is 0.0183. The Morgan fingerprint density at radius 1 is 1.44 bits per heavy atom. The molecular weight excluding hydrogens is 226 g/mol. The third-order valence-corrected chi connectivity index (χ3v) is 2.85. The second kappa shape index (κ2) is 4.58. The van der Waals surface area contributed by atoms with Crippen molar-refractivity contribution in [3.8, 4) is 0 Å². The molecule has 0 aromatic heterocycles. The van der Waals surface area contributed by atoms with Crippen LogP contribution in [0.25, 0.3) is 0 Å². The highest BCUT2D eigenvalue weighted by atomic mass is 35.5. The van der Waals surface area contributed by atoms with Gasteiger partial charge in [0, 0.05) is 11.2 Å². The number of nitrogens with zero attached hydrogens (tertiary/aromatic N) is 1. The SMILES string of the molecule is COC(=O)N1C=CCC1c1ccc(Cl)cc1. The predicted molar refractivity (Wildman–Crippen MR) is 62.2 cm³/mol. The molecule has 3 nitrogen and oxygen atoms in total. The van der Waals surface area contributed by atoms with Gasteiger partial charge in [-0.05, 0) is 24.1 Å². The summed E-state index contributed by atoms with van der Waals surface area (Å²) in [6, 6.07) is 7.52. The number of hydrogen-bond acceptors (Lipinski definition) is 2. The van der Waals surface area contributed by atoms with Crippen molar-refractivity contribution in [2.45, 2.75) is 12.5 Å². The van der Waals surface area contributed by atoms with E-state index < -0.39 is 0 Å². The Labute approximate surface area is 99.3 Å². The van der Waals surface area contributed by atoms with Crippen LogP contribution < -0.4 is 0 Å². The highest BCUT2D eigenvalue weighted by Crippen LogP contribution is 2.31. The van der Waals surface area contributed by atoms with Gasteiger partial charge in [-0.1, -0.05) is 29.8 Å². The quantitative estimate of drug-likeness (QED) is 0.750. The van der Waals surface area contributed by atoms with Gasteiger partial charge >= 0.3 is 6.09 Å². The van der Waals surface area contributed by atoms with E-state index in [1.165, 1.54) is 7.11 Å². The maximum absolute atomic E-state index is 11.5. The highest BCUT2D eigenvalue weighted by molar-refractivity contribution is 6.30. The molecule has 1 unspecified atom stereocenters. The van der Waals surface area contributed by atoms with Crippen LogP contribution in [-0.2, 0) is 4.74 Å². The molecule has 1 aliphatic heterocycles. The molecule has 0 bridgehead atoms. The second-order valence-electron chi connectivity index (χ2n) is 3.57. The third kappa shape index (κ3) is 2.04. The van der Waals surface area contributed by atoms with Crippen LogP contribution in [0.1, 0.15) is 18.0 Å². The van der Waals surface area contributed by atoms with Crippen LogP contribution in [0.4, 0.5) is 4.79 Å². The molecule has 1 aromatic carbocycles. The van der Waals surface area contributed by atoms with E-state index >= 15 is 0 Å². The first-order valence-corrected chi connectivity index (χ1v) is 5.38.